The van der Waals surface area contributed by atoms with E-state index >= 15 is 0 Å². The van der Waals surface area contributed by atoms with Crippen LogP contribution in [0.15, 0.2) is 59.6 Å². The van der Waals surface area contributed by atoms with Crippen molar-refractivity contribution in [3.8, 4) is 11.3 Å². The molecule has 0 bridgehead atoms. The second-order valence-corrected chi connectivity index (χ2v) is 7.84. The fourth-order valence-corrected chi connectivity index (χ4v) is 3.99. The molecule has 0 aliphatic rings. The third kappa shape index (κ3) is 3.23. The van der Waals surface area contributed by atoms with E-state index in [2.05, 4.69) is 32.0 Å². The molecule has 0 spiro atoms. The maximum absolute atomic E-state index is 12.3. The molecule has 0 aliphatic heterocycles. The number of thioether (sulfide) groups is 1. The molecule has 0 aliphatic carbocycles. The molecule has 5 heteroatoms. The number of hydrogen-bond donors (Lipinski definition) is 0. The Bertz CT molecular complexity index is 1130. The molecule has 2 heterocycles. The molecule has 4 nitrogen and oxygen atoms in total. The number of fused-ring (bicyclic) bond motifs is 3. The molecule has 0 radical (unpaired) electrons. The number of hydrogen-bond acceptors (Lipinski definition) is 4. The number of aromatic nitrogens is 3. The first-order valence-corrected chi connectivity index (χ1v) is 9.98. The molecule has 0 saturated carbocycles. The van der Waals surface area contributed by atoms with Crippen molar-refractivity contribution in [3.05, 3.63) is 60.2 Å². The summed E-state index contributed by atoms with van der Waals surface area (Å²) < 4.78 is 2.01. The van der Waals surface area contributed by atoms with Crippen LogP contribution in [0.25, 0.3) is 28.1 Å². The van der Waals surface area contributed by atoms with Gasteiger partial charge in [-0.3, -0.25) is 9.20 Å². The Hall–Kier alpha value is -2.66. The van der Waals surface area contributed by atoms with E-state index < -0.39 is 0 Å². The van der Waals surface area contributed by atoms with Crippen LogP contribution in [-0.2, 0) is 4.79 Å². The molecular weight excluding hydrogens is 354 g/mol. The van der Waals surface area contributed by atoms with Crippen LogP contribution in [-0.4, -0.2) is 19.5 Å². The second kappa shape index (κ2) is 7.16. The summed E-state index contributed by atoms with van der Waals surface area (Å²) in [4.78, 5) is 21.8. The van der Waals surface area contributed by atoms with Crippen molar-refractivity contribution in [2.75, 3.05) is 0 Å². The van der Waals surface area contributed by atoms with Gasteiger partial charge in [-0.25, -0.2) is 9.97 Å². The van der Waals surface area contributed by atoms with Crippen LogP contribution in [0.1, 0.15) is 38.7 Å². The Balaban J connectivity index is 2.01. The maximum Gasteiger partial charge on any atom is 0.236 e. The molecule has 2 aromatic heterocycles. The lowest BCUT2D eigenvalue weighted by Gasteiger charge is -2.03. The van der Waals surface area contributed by atoms with Crippen LogP contribution in [0.4, 0.5) is 0 Å². The topological polar surface area (TPSA) is 47.3 Å². The van der Waals surface area contributed by atoms with Crippen LogP contribution in [0, 0.1) is 0 Å². The van der Waals surface area contributed by atoms with E-state index in [1.807, 2.05) is 47.7 Å². The quantitative estimate of drug-likeness (QED) is 0.429. The van der Waals surface area contributed by atoms with Crippen LogP contribution in [0.3, 0.4) is 0 Å². The minimum absolute atomic E-state index is 0.117. The lowest BCUT2D eigenvalue weighted by atomic mass is 10.1. The highest BCUT2D eigenvalue weighted by molar-refractivity contribution is 8.13. The molecule has 4 aromatic rings. The van der Waals surface area contributed by atoms with E-state index in [4.69, 9.17) is 9.97 Å². The van der Waals surface area contributed by atoms with Gasteiger partial charge < -0.3 is 0 Å². The van der Waals surface area contributed by atoms with Crippen LogP contribution >= 0.6 is 11.8 Å². The Morgan fingerprint density at radius 2 is 1.78 bits per heavy atom. The third-order valence-electron chi connectivity index (χ3n) is 4.62. The molecule has 0 unspecified atom stereocenters. The van der Waals surface area contributed by atoms with Gasteiger partial charge in [0.05, 0.1) is 11.0 Å². The molecule has 2 aromatic carbocycles. The molecule has 27 heavy (non-hydrogen) atoms. The van der Waals surface area contributed by atoms with Crippen molar-refractivity contribution >= 4 is 33.7 Å². The first-order valence-electron chi connectivity index (χ1n) is 9.16. The fourth-order valence-electron chi connectivity index (χ4n) is 3.10. The summed E-state index contributed by atoms with van der Waals surface area (Å²) in [6.45, 7) is 6.23. The Morgan fingerprint density at radius 3 is 2.48 bits per heavy atom. The molecule has 0 N–H and O–H groups in total. The number of rotatable bonds is 4. The number of benzene rings is 1. The van der Waals surface area contributed by atoms with Crippen molar-refractivity contribution in [2.45, 2.75) is 38.1 Å². The first kappa shape index (κ1) is 17.7. The first-order chi connectivity index (χ1) is 13.1. The predicted octanol–water partition coefficient (Wildman–Crippen LogP) is 5.70. The average molecular weight is 375 g/mol. The second-order valence-electron chi connectivity index (χ2n) is 6.80. The summed E-state index contributed by atoms with van der Waals surface area (Å²) in [6.07, 6.45) is 0.476. The highest BCUT2D eigenvalue weighted by Gasteiger charge is 2.21. The van der Waals surface area contributed by atoms with Gasteiger partial charge in [-0.15, -0.1) is 0 Å². The van der Waals surface area contributed by atoms with E-state index in [9.17, 15) is 4.79 Å². The number of imidazole rings is 2. The van der Waals surface area contributed by atoms with Gasteiger partial charge in [-0.2, -0.15) is 0 Å². The van der Waals surface area contributed by atoms with Crippen molar-refractivity contribution in [2.24, 2.45) is 0 Å². The van der Waals surface area contributed by atoms with E-state index in [0.29, 0.717) is 18.1 Å². The highest BCUT2D eigenvalue weighted by Crippen LogP contribution is 2.35. The predicted molar refractivity (Wildman–Crippen MR) is 111 cm³/mol. The van der Waals surface area contributed by atoms with E-state index in [0.717, 1.165) is 27.3 Å². The van der Waals surface area contributed by atoms with Gasteiger partial charge in [-0.1, -0.05) is 63.2 Å². The third-order valence-corrected chi connectivity index (χ3v) is 5.71. The molecule has 0 saturated heterocycles. The minimum atomic E-state index is 0.117. The monoisotopic (exact) mass is 375 g/mol. The van der Waals surface area contributed by atoms with Gasteiger partial charge in [0.2, 0.25) is 5.78 Å². The van der Waals surface area contributed by atoms with Crippen molar-refractivity contribution in [1.29, 1.82) is 0 Å². The van der Waals surface area contributed by atoms with Crippen LogP contribution in [0.2, 0.25) is 0 Å². The van der Waals surface area contributed by atoms with Gasteiger partial charge in [-0.05, 0) is 35.4 Å². The molecule has 4 rings (SSSR count). The van der Waals surface area contributed by atoms with Crippen LogP contribution < -0.4 is 0 Å². The van der Waals surface area contributed by atoms with Gasteiger partial charge in [0.25, 0.3) is 0 Å². The molecule has 0 amide bonds. The van der Waals surface area contributed by atoms with Crippen LogP contribution in [0.5, 0.6) is 0 Å². The Morgan fingerprint density at radius 1 is 1.04 bits per heavy atom. The molecule has 136 valence electrons. The summed E-state index contributed by atoms with van der Waals surface area (Å²) in [6, 6.07) is 18.3. The lowest BCUT2D eigenvalue weighted by Crippen LogP contribution is -1.92. The normalized spacial score (nSPS) is 11.6. The molecule has 0 fully saturated rings. The Labute approximate surface area is 162 Å². The van der Waals surface area contributed by atoms with Gasteiger partial charge >= 0.3 is 0 Å². The zero-order chi connectivity index (χ0) is 19.0. The highest BCUT2D eigenvalue weighted by atomic mass is 32.2. The standard InChI is InChI=1S/C22H21N3OS/c1-4-19(26)27-21-20(16-8-6-5-7-9-16)24-22-23-17-12-10-15(14(2)3)11-13-18(17)25(21)22/h5-14H,4H2,1-3H3. The number of nitrogens with zero attached hydrogens (tertiary/aromatic N) is 3. The number of carbonyl (C=O) groups is 1. The van der Waals surface area contributed by atoms with E-state index in [-0.39, 0.29) is 5.12 Å². The lowest BCUT2D eigenvalue weighted by molar-refractivity contribution is -0.110. The number of carbonyl (C=O) groups excluding carboxylic acids is 1. The summed E-state index contributed by atoms with van der Waals surface area (Å²) in [5.41, 5.74) is 4.91. The zero-order valence-electron chi connectivity index (χ0n) is 15.6. The fraction of sp³-hybridized carbons (Fsp3) is 0.227. The summed E-state index contributed by atoms with van der Waals surface area (Å²) in [5.74, 6) is 1.07. The summed E-state index contributed by atoms with van der Waals surface area (Å²) in [7, 11) is 0. The van der Waals surface area contributed by atoms with Gasteiger partial charge in [0, 0.05) is 12.0 Å². The zero-order valence-corrected chi connectivity index (χ0v) is 16.5. The van der Waals surface area contributed by atoms with Crippen molar-refractivity contribution in [1.82, 2.24) is 14.4 Å². The smallest absolute Gasteiger partial charge is 0.236 e. The molecule has 0 atom stereocenters. The summed E-state index contributed by atoms with van der Waals surface area (Å²) >= 11 is 1.25. The average Bonchev–Trinajstić information content (AvgIpc) is 3.10. The van der Waals surface area contributed by atoms with Crippen molar-refractivity contribution in [3.63, 3.8) is 0 Å². The van der Waals surface area contributed by atoms with Gasteiger partial charge in [0.1, 0.15) is 10.7 Å². The molecular formula is C22H21N3OS. The van der Waals surface area contributed by atoms with Gasteiger partial charge in [0.15, 0.2) is 5.12 Å². The van der Waals surface area contributed by atoms with Crippen molar-refractivity contribution < 1.29 is 4.79 Å². The largest absolute Gasteiger partial charge is 0.287 e. The summed E-state index contributed by atoms with van der Waals surface area (Å²) in [5, 5.41) is 0.953. The van der Waals surface area contributed by atoms with E-state index in [1.165, 1.54) is 17.3 Å². The Kier molecular flexibility index (Phi) is 4.70. The maximum atomic E-state index is 12.3. The SMILES string of the molecule is CCC(=O)Sc1c(-c2ccccc2)nc2nc3ccc(C(C)C)ccc3n12. The minimum Gasteiger partial charge on any atom is -0.287 e. The van der Waals surface area contributed by atoms with E-state index in [1.54, 1.807) is 0 Å².